The molecule has 0 N–H and O–H groups in total. The van der Waals surface area contributed by atoms with Gasteiger partial charge in [-0.15, -0.1) is 0 Å². The minimum atomic E-state index is 0.181. The smallest absolute Gasteiger partial charge is 0.293 e. The van der Waals surface area contributed by atoms with Crippen LogP contribution in [0.2, 0.25) is 0 Å². The summed E-state index contributed by atoms with van der Waals surface area (Å²) < 4.78 is 5.22. The number of hydrogen-bond donors (Lipinski definition) is 0. The second-order valence-corrected chi connectivity index (χ2v) is 6.65. The molecule has 1 aliphatic carbocycles. The van der Waals surface area contributed by atoms with Gasteiger partial charge in [-0.1, -0.05) is 71.1 Å². The van der Waals surface area contributed by atoms with Crippen LogP contribution in [0.4, 0.5) is 0 Å². The molecule has 0 atom stereocenters. The van der Waals surface area contributed by atoms with E-state index in [1.807, 2.05) is 0 Å². The van der Waals surface area contributed by atoms with Crippen molar-refractivity contribution in [3.63, 3.8) is 0 Å². The zero-order valence-corrected chi connectivity index (χ0v) is 13.4. The largest absolute Gasteiger partial charge is 0.465 e. The van der Waals surface area contributed by atoms with E-state index in [4.69, 9.17) is 4.74 Å². The summed E-state index contributed by atoms with van der Waals surface area (Å²) in [5.74, 6) is 0.924. The number of carbonyl (C=O) groups excluding carboxylic acids is 1. The zero-order valence-electron chi connectivity index (χ0n) is 13.4. The summed E-state index contributed by atoms with van der Waals surface area (Å²) in [6, 6.07) is 0. The Balaban J connectivity index is 2.26. The van der Waals surface area contributed by atoms with E-state index >= 15 is 0 Å². The van der Waals surface area contributed by atoms with Crippen molar-refractivity contribution in [2.24, 2.45) is 5.92 Å². The minimum Gasteiger partial charge on any atom is -0.465 e. The third-order valence-corrected chi connectivity index (χ3v) is 4.69. The molecule has 0 amide bonds. The summed E-state index contributed by atoms with van der Waals surface area (Å²) in [6.45, 7) is 3.06. The van der Waals surface area contributed by atoms with Gasteiger partial charge in [0.25, 0.3) is 6.47 Å². The van der Waals surface area contributed by atoms with Gasteiger partial charge in [0, 0.05) is 0 Å². The monoisotopic (exact) mass is 282 g/mol. The number of carbonyl (C=O) groups is 1. The van der Waals surface area contributed by atoms with E-state index in [-0.39, 0.29) is 6.10 Å². The lowest BCUT2D eigenvalue weighted by Gasteiger charge is -2.16. The lowest BCUT2D eigenvalue weighted by Crippen LogP contribution is -2.12. The van der Waals surface area contributed by atoms with Crippen molar-refractivity contribution in [1.82, 2.24) is 0 Å². The number of ether oxygens (including phenoxy) is 1. The molecule has 1 saturated carbocycles. The fourth-order valence-corrected chi connectivity index (χ4v) is 3.29. The van der Waals surface area contributed by atoms with E-state index in [9.17, 15) is 4.79 Å². The molecule has 0 heterocycles. The van der Waals surface area contributed by atoms with Gasteiger partial charge in [0.2, 0.25) is 0 Å². The molecule has 20 heavy (non-hydrogen) atoms. The summed E-state index contributed by atoms with van der Waals surface area (Å²) in [5, 5.41) is 0. The Morgan fingerprint density at radius 1 is 0.700 bits per heavy atom. The van der Waals surface area contributed by atoms with Crippen LogP contribution in [-0.4, -0.2) is 12.6 Å². The van der Waals surface area contributed by atoms with Gasteiger partial charge in [-0.2, -0.15) is 0 Å². The predicted octanol–water partition coefficient (Wildman–Crippen LogP) is 5.64. The van der Waals surface area contributed by atoms with E-state index < -0.39 is 0 Å². The van der Waals surface area contributed by atoms with E-state index in [1.54, 1.807) is 0 Å². The van der Waals surface area contributed by atoms with Gasteiger partial charge in [0.05, 0.1) is 0 Å². The highest BCUT2D eigenvalue weighted by Crippen LogP contribution is 2.20. The van der Waals surface area contributed by atoms with Crippen molar-refractivity contribution < 1.29 is 9.53 Å². The Bertz CT molecular complexity index is 209. The van der Waals surface area contributed by atoms with Crippen LogP contribution >= 0.6 is 0 Å². The van der Waals surface area contributed by atoms with Crippen molar-refractivity contribution in [3.8, 4) is 0 Å². The number of rotatable bonds is 2. The zero-order chi connectivity index (χ0) is 14.5. The van der Waals surface area contributed by atoms with Crippen LogP contribution in [0, 0.1) is 5.92 Å². The van der Waals surface area contributed by atoms with E-state index in [2.05, 4.69) is 6.92 Å². The van der Waals surface area contributed by atoms with Crippen LogP contribution in [0.3, 0.4) is 0 Å². The Labute approximate surface area is 125 Å². The minimum absolute atomic E-state index is 0.181. The molecule has 0 unspecified atom stereocenters. The third-order valence-electron chi connectivity index (χ3n) is 4.69. The summed E-state index contributed by atoms with van der Waals surface area (Å²) in [7, 11) is 0. The molecule has 1 rings (SSSR count). The molecular formula is C18H34O2. The van der Waals surface area contributed by atoms with Crippen molar-refractivity contribution in [2.45, 2.75) is 103 Å². The molecule has 0 aromatic rings. The van der Waals surface area contributed by atoms with Crippen LogP contribution in [0.1, 0.15) is 96.8 Å². The fourth-order valence-electron chi connectivity index (χ4n) is 3.29. The summed E-state index contributed by atoms with van der Waals surface area (Å²) in [6.07, 6.45) is 18.4. The first-order valence-electron chi connectivity index (χ1n) is 8.92. The number of hydrogen-bond acceptors (Lipinski definition) is 2. The Kier molecular flexibility index (Phi) is 10.7. The summed E-state index contributed by atoms with van der Waals surface area (Å²) in [5.41, 5.74) is 0. The van der Waals surface area contributed by atoms with Crippen molar-refractivity contribution in [2.75, 3.05) is 0 Å². The average molecular weight is 282 g/mol. The fraction of sp³-hybridized carbons (Fsp3) is 0.944. The maximum absolute atomic E-state index is 10.5. The van der Waals surface area contributed by atoms with E-state index in [0.717, 1.165) is 18.8 Å². The Hall–Kier alpha value is -0.530. The molecule has 0 spiro atoms. The van der Waals surface area contributed by atoms with Gasteiger partial charge >= 0.3 is 0 Å². The maximum Gasteiger partial charge on any atom is 0.293 e. The molecule has 118 valence electrons. The molecule has 0 aromatic heterocycles. The highest BCUT2D eigenvalue weighted by atomic mass is 16.5. The molecular weight excluding hydrogens is 248 g/mol. The van der Waals surface area contributed by atoms with E-state index in [1.165, 1.54) is 77.0 Å². The average Bonchev–Trinajstić information content (AvgIpc) is 2.43. The van der Waals surface area contributed by atoms with E-state index in [0.29, 0.717) is 6.47 Å². The standard InChI is InChI=1S/C18H34O2/c1-17-12-8-4-2-6-10-14-18(20-16-19)15-11-7-3-5-9-13-17/h16-18H,2-15H2,1H3. The predicted molar refractivity (Wildman–Crippen MR) is 84.7 cm³/mol. The normalized spacial score (nSPS) is 28.6. The molecule has 0 aromatic carbocycles. The highest BCUT2D eigenvalue weighted by Gasteiger charge is 2.09. The Morgan fingerprint density at radius 2 is 1.10 bits per heavy atom. The lowest BCUT2D eigenvalue weighted by atomic mass is 9.95. The molecule has 0 aliphatic heterocycles. The quantitative estimate of drug-likeness (QED) is 0.613. The van der Waals surface area contributed by atoms with Crippen LogP contribution in [-0.2, 0) is 9.53 Å². The first kappa shape index (κ1) is 17.5. The maximum atomic E-state index is 10.5. The van der Waals surface area contributed by atoms with Crippen LogP contribution in [0.5, 0.6) is 0 Å². The van der Waals surface area contributed by atoms with Crippen molar-refractivity contribution in [3.05, 3.63) is 0 Å². The van der Waals surface area contributed by atoms with Crippen LogP contribution in [0.15, 0.2) is 0 Å². The van der Waals surface area contributed by atoms with Gasteiger partial charge in [-0.05, 0) is 31.6 Å². The molecule has 0 radical (unpaired) electrons. The molecule has 0 saturated heterocycles. The molecule has 2 nitrogen and oxygen atoms in total. The molecule has 1 aliphatic rings. The van der Waals surface area contributed by atoms with Crippen molar-refractivity contribution >= 4 is 6.47 Å². The summed E-state index contributed by atoms with van der Waals surface area (Å²) in [4.78, 5) is 10.5. The van der Waals surface area contributed by atoms with Gasteiger partial charge in [-0.25, -0.2) is 0 Å². The van der Waals surface area contributed by atoms with Gasteiger partial charge in [-0.3, -0.25) is 4.79 Å². The van der Waals surface area contributed by atoms with Gasteiger partial charge in [0.15, 0.2) is 0 Å². The van der Waals surface area contributed by atoms with Crippen LogP contribution in [0.25, 0.3) is 0 Å². The van der Waals surface area contributed by atoms with Crippen LogP contribution < -0.4 is 0 Å². The van der Waals surface area contributed by atoms with Gasteiger partial charge < -0.3 is 4.74 Å². The molecule has 1 fully saturated rings. The van der Waals surface area contributed by atoms with Crippen molar-refractivity contribution in [1.29, 1.82) is 0 Å². The molecule has 2 heteroatoms. The first-order valence-corrected chi connectivity index (χ1v) is 8.92. The SMILES string of the molecule is CC1CCCCCCCC(OC=O)CCCCCCC1. The Morgan fingerprint density at radius 3 is 1.55 bits per heavy atom. The third kappa shape index (κ3) is 9.39. The van der Waals surface area contributed by atoms with Gasteiger partial charge in [0.1, 0.15) is 6.10 Å². The second-order valence-electron chi connectivity index (χ2n) is 6.65. The second kappa shape index (κ2) is 12.2. The molecule has 0 bridgehead atoms. The first-order chi connectivity index (χ1) is 9.83. The topological polar surface area (TPSA) is 26.3 Å². The summed E-state index contributed by atoms with van der Waals surface area (Å²) >= 11 is 0. The lowest BCUT2D eigenvalue weighted by molar-refractivity contribution is -0.134. The highest BCUT2D eigenvalue weighted by molar-refractivity contribution is 5.37.